The molecule has 2 aromatic carbocycles. The van der Waals surface area contributed by atoms with Crippen LogP contribution >= 0.6 is 0 Å². The third kappa shape index (κ3) is 14.1. The molecule has 250 valence electrons. The van der Waals surface area contributed by atoms with Crippen molar-refractivity contribution in [1.82, 2.24) is 4.90 Å². The van der Waals surface area contributed by atoms with Crippen molar-refractivity contribution in [3.63, 3.8) is 0 Å². The van der Waals surface area contributed by atoms with Crippen LogP contribution in [-0.4, -0.2) is 36.7 Å². The van der Waals surface area contributed by atoms with E-state index in [0.29, 0.717) is 16.8 Å². The number of carbonyl (C=O) groups excluding carboxylic acids is 1. The number of aliphatic imine (C=N–C) groups is 1. The smallest absolute Gasteiger partial charge is 0.201 e. The predicted octanol–water partition coefficient (Wildman–Crippen LogP) is 11.0. The Balaban J connectivity index is 0. The van der Waals surface area contributed by atoms with Crippen LogP contribution < -0.4 is 10.1 Å². The quantitative estimate of drug-likeness (QED) is 0.110. The van der Waals surface area contributed by atoms with Crippen molar-refractivity contribution in [3.05, 3.63) is 101 Å². The van der Waals surface area contributed by atoms with Gasteiger partial charge in [-0.3, -0.25) is 9.79 Å². The Kier molecular flexibility index (Phi) is 23.3. The fourth-order valence-electron chi connectivity index (χ4n) is 4.10. The van der Waals surface area contributed by atoms with Crippen LogP contribution in [0.25, 0.3) is 5.57 Å². The standard InChI is InChI=1S/C27H33F2N3O2.C7H12.2C2H6/c1-8-14-32(6)27(31-21-10-11-23(19(5)33)20(9-2)15-21)18(4)30-16-17(3)22-12-13-24(34-7)26(29)25(22)28;1-4-7(5-2)6-3;2*1-2/h8,10-16,27,31H,9H2,1-7H3;4-5H,1,6H2,2-3H3;2*1-2H3/b14-8-,17-16+,30-18?;7-5+;;. The number of nitrogens with zero attached hydrogens (tertiary/aromatic N) is 2. The summed E-state index contributed by atoms with van der Waals surface area (Å²) in [7, 11) is 3.20. The summed E-state index contributed by atoms with van der Waals surface area (Å²) in [4.78, 5) is 18.4. The number of methoxy groups -OCH3 is 1. The number of rotatable bonds is 12. The Morgan fingerprint density at radius 1 is 1.02 bits per heavy atom. The van der Waals surface area contributed by atoms with E-state index in [1.165, 1.54) is 31.0 Å². The zero-order valence-electron chi connectivity index (χ0n) is 29.9. The topological polar surface area (TPSA) is 53.9 Å². The van der Waals surface area contributed by atoms with Gasteiger partial charge in [0.2, 0.25) is 5.82 Å². The highest BCUT2D eigenvalue weighted by Gasteiger charge is 2.18. The Morgan fingerprint density at radius 3 is 2.07 bits per heavy atom. The first-order valence-electron chi connectivity index (χ1n) is 15.7. The van der Waals surface area contributed by atoms with E-state index in [4.69, 9.17) is 4.74 Å². The summed E-state index contributed by atoms with van der Waals surface area (Å²) in [6, 6.07) is 8.53. The molecule has 0 aromatic heterocycles. The summed E-state index contributed by atoms with van der Waals surface area (Å²) in [6.07, 6.45) is 10.8. The van der Waals surface area contributed by atoms with Crippen LogP contribution in [0, 0.1) is 11.6 Å². The van der Waals surface area contributed by atoms with Crippen molar-refractivity contribution < 1.29 is 18.3 Å². The average molecular weight is 626 g/mol. The number of benzene rings is 2. The van der Waals surface area contributed by atoms with E-state index in [1.807, 2.05) is 104 Å². The minimum atomic E-state index is -1.03. The van der Waals surface area contributed by atoms with Crippen LogP contribution in [0.3, 0.4) is 0 Å². The maximum Gasteiger partial charge on any atom is 0.201 e. The van der Waals surface area contributed by atoms with E-state index >= 15 is 0 Å². The lowest BCUT2D eigenvalue weighted by atomic mass is 10.0. The number of ether oxygens (including phenoxy) is 1. The fraction of sp³-hybridized carbons (Fsp3) is 0.421. The summed E-state index contributed by atoms with van der Waals surface area (Å²) >= 11 is 0. The molecule has 0 aliphatic heterocycles. The van der Waals surface area contributed by atoms with E-state index in [0.717, 1.165) is 24.1 Å². The van der Waals surface area contributed by atoms with Gasteiger partial charge in [-0.05, 0) is 95.1 Å². The Morgan fingerprint density at radius 2 is 1.62 bits per heavy atom. The molecule has 5 nitrogen and oxygen atoms in total. The largest absolute Gasteiger partial charge is 0.494 e. The molecule has 2 rings (SSSR count). The van der Waals surface area contributed by atoms with Crippen LogP contribution in [0.5, 0.6) is 5.75 Å². The van der Waals surface area contributed by atoms with Crippen molar-refractivity contribution in [2.75, 3.05) is 19.5 Å². The zero-order valence-corrected chi connectivity index (χ0v) is 29.9. The van der Waals surface area contributed by atoms with E-state index in [-0.39, 0.29) is 23.3 Å². The van der Waals surface area contributed by atoms with Crippen LogP contribution in [-0.2, 0) is 6.42 Å². The maximum atomic E-state index is 14.5. The number of carbonyl (C=O) groups is 1. The number of hydrogen-bond acceptors (Lipinski definition) is 5. The Bertz CT molecular complexity index is 1310. The van der Waals surface area contributed by atoms with Crippen LogP contribution in [0.1, 0.15) is 104 Å². The lowest BCUT2D eigenvalue weighted by Crippen LogP contribution is -2.40. The molecular formula is C38H57F2N3O2. The van der Waals surface area contributed by atoms with Gasteiger partial charge in [0.25, 0.3) is 0 Å². The normalized spacial score (nSPS) is 12.0. The average Bonchev–Trinajstić information content (AvgIpc) is 3.06. The summed E-state index contributed by atoms with van der Waals surface area (Å²) in [5.74, 6) is -2.11. The van der Waals surface area contributed by atoms with Crippen molar-refractivity contribution >= 4 is 22.8 Å². The van der Waals surface area contributed by atoms with Gasteiger partial charge in [-0.1, -0.05) is 71.9 Å². The van der Waals surface area contributed by atoms with Gasteiger partial charge < -0.3 is 15.0 Å². The van der Waals surface area contributed by atoms with Gasteiger partial charge in [0.15, 0.2) is 17.3 Å². The highest BCUT2D eigenvalue weighted by Crippen LogP contribution is 2.27. The lowest BCUT2D eigenvalue weighted by molar-refractivity contribution is 0.101. The second-order valence-corrected chi connectivity index (χ2v) is 9.42. The van der Waals surface area contributed by atoms with Crippen LogP contribution in [0.2, 0.25) is 0 Å². The lowest BCUT2D eigenvalue weighted by Gasteiger charge is -2.29. The molecule has 0 aliphatic carbocycles. The van der Waals surface area contributed by atoms with E-state index in [9.17, 15) is 13.6 Å². The first kappa shape index (κ1) is 43.1. The molecule has 1 N–H and O–H groups in total. The van der Waals surface area contributed by atoms with Gasteiger partial charge in [-0.2, -0.15) is 4.39 Å². The second-order valence-electron chi connectivity index (χ2n) is 9.42. The number of anilines is 1. The number of Topliss-reactive ketones (excluding diaryl/α,β-unsaturated/α-hetero) is 1. The van der Waals surface area contributed by atoms with Gasteiger partial charge in [-0.15, -0.1) is 0 Å². The molecule has 0 bridgehead atoms. The molecule has 0 amide bonds. The Hall–Kier alpha value is -4.00. The van der Waals surface area contributed by atoms with Crippen molar-refractivity contribution in [2.24, 2.45) is 4.99 Å². The van der Waals surface area contributed by atoms with Crippen LogP contribution in [0.15, 0.2) is 78.1 Å². The summed E-state index contributed by atoms with van der Waals surface area (Å²) in [6.45, 7) is 24.8. The summed E-state index contributed by atoms with van der Waals surface area (Å²) in [5, 5.41) is 3.46. The number of hydrogen-bond donors (Lipinski definition) is 1. The zero-order chi connectivity index (χ0) is 35.1. The van der Waals surface area contributed by atoms with Gasteiger partial charge in [0, 0.05) is 30.1 Å². The number of halogens is 2. The molecule has 0 radical (unpaired) electrons. The van der Waals surface area contributed by atoms with Gasteiger partial charge in [0.1, 0.15) is 6.17 Å². The predicted molar refractivity (Wildman–Crippen MR) is 192 cm³/mol. The fourth-order valence-corrected chi connectivity index (χ4v) is 4.10. The maximum absolute atomic E-state index is 14.5. The third-order valence-corrected chi connectivity index (χ3v) is 6.55. The second kappa shape index (κ2) is 24.3. The van der Waals surface area contributed by atoms with Crippen molar-refractivity contribution in [1.29, 1.82) is 0 Å². The number of ketones is 1. The third-order valence-electron chi connectivity index (χ3n) is 6.55. The first-order valence-corrected chi connectivity index (χ1v) is 15.7. The van der Waals surface area contributed by atoms with Gasteiger partial charge in [-0.25, -0.2) is 4.39 Å². The first-order chi connectivity index (χ1) is 21.5. The highest BCUT2D eigenvalue weighted by molar-refractivity contribution is 5.96. The summed E-state index contributed by atoms with van der Waals surface area (Å²) in [5.41, 5.74) is 5.15. The number of nitrogens with one attached hydrogen (secondary N) is 1. The molecule has 0 fully saturated rings. The number of allylic oxidation sites excluding steroid dienone is 5. The molecule has 45 heavy (non-hydrogen) atoms. The van der Waals surface area contributed by atoms with Crippen LogP contribution in [0.4, 0.5) is 14.5 Å². The minimum Gasteiger partial charge on any atom is -0.494 e. The highest BCUT2D eigenvalue weighted by atomic mass is 19.2. The molecule has 2 aromatic rings. The molecule has 7 heteroatoms. The summed E-state index contributed by atoms with van der Waals surface area (Å²) < 4.78 is 33.4. The minimum absolute atomic E-state index is 0.0338. The molecule has 1 atom stereocenters. The molecular weight excluding hydrogens is 568 g/mol. The van der Waals surface area contributed by atoms with Crippen molar-refractivity contribution in [3.8, 4) is 5.75 Å². The molecule has 0 heterocycles. The molecule has 1 unspecified atom stereocenters. The molecule has 0 saturated carbocycles. The van der Waals surface area contributed by atoms with Crippen molar-refractivity contribution in [2.45, 2.75) is 95.2 Å². The van der Waals surface area contributed by atoms with Gasteiger partial charge >= 0.3 is 0 Å². The van der Waals surface area contributed by atoms with E-state index in [2.05, 4.69) is 29.9 Å². The monoisotopic (exact) mass is 625 g/mol. The van der Waals surface area contributed by atoms with E-state index in [1.54, 1.807) is 13.8 Å². The van der Waals surface area contributed by atoms with Gasteiger partial charge in [0.05, 0.1) is 12.8 Å². The molecule has 0 aliphatic rings. The number of aryl methyl sites for hydroxylation is 1. The van der Waals surface area contributed by atoms with E-state index < -0.39 is 11.6 Å². The molecule has 0 saturated heterocycles. The SMILES string of the molecule is C/C=C\N(C)C(Nc1ccc(C(C)=O)c(CC)c1)C(C)=N/C=C(\C)c1ccc(OC)c(F)c1F.C=C/C(=C\C)CC.CC.CC. The Labute approximate surface area is 272 Å². The molecule has 0 spiro atoms.